The Labute approximate surface area is 120 Å². The number of hydrogen-bond donors (Lipinski definition) is 1. The molecule has 0 bridgehead atoms. The van der Waals surface area contributed by atoms with Crippen molar-refractivity contribution in [1.29, 1.82) is 0 Å². The predicted molar refractivity (Wildman–Crippen MR) is 78.8 cm³/mol. The molecule has 0 radical (unpaired) electrons. The topological polar surface area (TPSA) is 55.4 Å². The molecular formula is C15H15NO3S. The van der Waals surface area contributed by atoms with Gasteiger partial charge in [-0.15, -0.1) is 0 Å². The Morgan fingerprint density at radius 3 is 2.35 bits per heavy atom. The highest BCUT2D eigenvalue weighted by molar-refractivity contribution is 7.86. The van der Waals surface area contributed by atoms with Crippen molar-refractivity contribution >= 4 is 22.6 Å². The molecule has 2 rings (SSSR count). The Hall–Kier alpha value is -2.14. The second kappa shape index (κ2) is 6.86. The summed E-state index contributed by atoms with van der Waals surface area (Å²) in [7, 11) is -1.31. The molecule has 0 aliphatic rings. The van der Waals surface area contributed by atoms with Crippen LogP contribution >= 0.6 is 0 Å². The van der Waals surface area contributed by atoms with Crippen LogP contribution in [0, 0.1) is 0 Å². The maximum Gasteiger partial charge on any atom is 0.310 e. The summed E-state index contributed by atoms with van der Waals surface area (Å²) in [6.45, 7) is 1.74. The Morgan fingerprint density at radius 2 is 1.75 bits per heavy atom. The lowest BCUT2D eigenvalue weighted by Gasteiger charge is -2.07. The Balaban J connectivity index is 2.00. The minimum Gasteiger partial charge on any atom is -0.427 e. The highest BCUT2D eigenvalue weighted by atomic mass is 32.2. The fourth-order valence-electron chi connectivity index (χ4n) is 1.50. The van der Waals surface area contributed by atoms with Crippen molar-refractivity contribution in [3.63, 3.8) is 0 Å². The van der Waals surface area contributed by atoms with Crippen LogP contribution in [0.2, 0.25) is 0 Å². The van der Waals surface area contributed by atoms with Crippen LogP contribution in [0.4, 0.5) is 5.69 Å². The van der Waals surface area contributed by atoms with Crippen molar-refractivity contribution in [2.24, 2.45) is 0 Å². The third kappa shape index (κ3) is 3.93. The number of hydrogen-bond acceptors (Lipinski definition) is 3. The van der Waals surface area contributed by atoms with E-state index in [-0.39, 0.29) is 5.97 Å². The fraction of sp³-hybridized carbons (Fsp3) is 0.133. The Morgan fingerprint density at radius 1 is 1.10 bits per heavy atom. The van der Waals surface area contributed by atoms with Crippen LogP contribution in [-0.4, -0.2) is 10.2 Å². The van der Waals surface area contributed by atoms with Crippen LogP contribution in [0.15, 0.2) is 59.5 Å². The van der Waals surface area contributed by atoms with E-state index in [1.54, 1.807) is 43.3 Å². The number of benzene rings is 2. The quantitative estimate of drug-likeness (QED) is 0.679. The molecule has 0 fully saturated rings. The number of anilines is 1. The molecule has 1 unspecified atom stereocenters. The van der Waals surface area contributed by atoms with Crippen molar-refractivity contribution in [2.75, 3.05) is 4.72 Å². The van der Waals surface area contributed by atoms with Gasteiger partial charge in [0, 0.05) is 12.1 Å². The van der Waals surface area contributed by atoms with E-state index in [0.29, 0.717) is 22.8 Å². The normalized spacial score (nSPS) is 11.7. The number of esters is 1. The number of rotatable bonds is 5. The zero-order chi connectivity index (χ0) is 14.4. The molecular weight excluding hydrogens is 274 g/mol. The van der Waals surface area contributed by atoms with Gasteiger partial charge >= 0.3 is 5.97 Å². The van der Waals surface area contributed by atoms with Crippen LogP contribution in [0.25, 0.3) is 0 Å². The summed E-state index contributed by atoms with van der Waals surface area (Å²) < 4.78 is 20.0. The van der Waals surface area contributed by atoms with E-state index in [2.05, 4.69) is 4.72 Å². The van der Waals surface area contributed by atoms with Gasteiger partial charge in [0.05, 0.1) is 4.90 Å². The third-order valence-electron chi connectivity index (χ3n) is 2.54. The molecule has 0 aliphatic heterocycles. The zero-order valence-electron chi connectivity index (χ0n) is 11.0. The average Bonchev–Trinajstić information content (AvgIpc) is 2.50. The second-order valence-corrected chi connectivity index (χ2v) is 5.25. The van der Waals surface area contributed by atoms with Gasteiger partial charge in [-0.25, -0.2) is 4.21 Å². The van der Waals surface area contributed by atoms with Gasteiger partial charge in [0.1, 0.15) is 16.7 Å². The first-order chi connectivity index (χ1) is 9.69. The first-order valence-corrected chi connectivity index (χ1v) is 7.38. The molecule has 1 N–H and O–H groups in total. The molecule has 2 aromatic carbocycles. The molecule has 104 valence electrons. The Kier molecular flexibility index (Phi) is 4.90. The predicted octanol–water partition coefficient (Wildman–Crippen LogP) is 3.14. The summed E-state index contributed by atoms with van der Waals surface area (Å²) in [5, 5.41) is 0. The average molecular weight is 289 g/mol. The number of carbonyl (C=O) groups excluding carboxylic acids is 1. The maximum atomic E-state index is 12.0. The van der Waals surface area contributed by atoms with Crippen LogP contribution in [0.3, 0.4) is 0 Å². The molecule has 5 heteroatoms. The smallest absolute Gasteiger partial charge is 0.310 e. The van der Waals surface area contributed by atoms with Gasteiger partial charge in [-0.2, -0.15) is 0 Å². The fourth-order valence-corrected chi connectivity index (χ4v) is 2.38. The molecule has 4 nitrogen and oxygen atoms in total. The highest BCUT2D eigenvalue weighted by Crippen LogP contribution is 2.18. The van der Waals surface area contributed by atoms with Crippen molar-refractivity contribution in [2.45, 2.75) is 18.2 Å². The largest absolute Gasteiger partial charge is 0.427 e. The highest BCUT2D eigenvalue weighted by Gasteiger charge is 2.04. The van der Waals surface area contributed by atoms with Gasteiger partial charge < -0.3 is 9.46 Å². The maximum absolute atomic E-state index is 12.0. The SMILES string of the molecule is CCC(=O)Oc1ccc(NS(=O)c2ccccc2)cc1. The van der Waals surface area contributed by atoms with E-state index in [9.17, 15) is 9.00 Å². The molecule has 0 spiro atoms. The summed E-state index contributed by atoms with van der Waals surface area (Å²) in [5.74, 6) is 0.200. The van der Waals surface area contributed by atoms with Gasteiger partial charge in [-0.3, -0.25) is 4.79 Å². The third-order valence-corrected chi connectivity index (χ3v) is 3.66. The van der Waals surface area contributed by atoms with Crippen LogP contribution in [0.1, 0.15) is 13.3 Å². The monoisotopic (exact) mass is 289 g/mol. The van der Waals surface area contributed by atoms with Crippen molar-refractivity contribution in [1.82, 2.24) is 0 Å². The number of nitrogens with one attached hydrogen (secondary N) is 1. The molecule has 0 aliphatic carbocycles. The van der Waals surface area contributed by atoms with E-state index in [0.717, 1.165) is 0 Å². The summed E-state index contributed by atoms with van der Waals surface area (Å²) in [6.07, 6.45) is 0.331. The van der Waals surface area contributed by atoms with Gasteiger partial charge in [0.15, 0.2) is 0 Å². The molecule has 2 aromatic rings. The number of ether oxygens (including phenoxy) is 1. The lowest BCUT2D eigenvalue weighted by atomic mass is 10.3. The first-order valence-electron chi connectivity index (χ1n) is 6.23. The van der Waals surface area contributed by atoms with Crippen LogP contribution in [-0.2, 0) is 15.8 Å². The summed E-state index contributed by atoms with van der Waals surface area (Å²) in [4.78, 5) is 11.8. The molecule has 0 heterocycles. The summed E-state index contributed by atoms with van der Waals surface area (Å²) in [6, 6.07) is 15.9. The lowest BCUT2D eigenvalue weighted by molar-refractivity contribution is -0.134. The van der Waals surface area contributed by atoms with E-state index >= 15 is 0 Å². The molecule has 0 amide bonds. The minimum atomic E-state index is -1.31. The van der Waals surface area contributed by atoms with Crippen LogP contribution < -0.4 is 9.46 Å². The van der Waals surface area contributed by atoms with Crippen molar-refractivity contribution < 1.29 is 13.7 Å². The summed E-state index contributed by atoms with van der Waals surface area (Å²) in [5.41, 5.74) is 0.698. The molecule has 0 saturated carbocycles. The Bertz CT molecular complexity index is 596. The minimum absolute atomic E-state index is 0.279. The molecule has 20 heavy (non-hydrogen) atoms. The first kappa shape index (κ1) is 14.3. The standard InChI is InChI=1S/C15H15NO3S/c1-2-15(17)19-13-10-8-12(9-11-13)16-20(18)14-6-4-3-5-7-14/h3-11,16H,2H2,1H3. The zero-order valence-corrected chi connectivity index (χ0v) is 11.9. The van der Waals surface area contributed by atoms with Gasteiger partial charge in [0.25, 0.3) is 0 Å². The molecule has 0 aromatic heterocycles. The number of carbonyl (C=O) groups is 1. The van der Waals surface area contributed by atoms with E-state index in [1.165, 1.54) is 0 Å². The van der Waals surface area contributed by atoms with Crippen molar-refractivity contribution in [3.8, 4) is 5.75 Å². The van der Waals surface area contributed by atoms with E-state index in [4.69, 9.17) is 4.74 Å². The van der Waals surface area contributed by atoms with Crippen LogP contribution in [0.5, 0.6) is 5.75 Å². The molecule has 0 saturated heterocycles. The van der Waals surface area contributed by atoms with Crippen molar-refractivity contribution in [3.05, 3.63) is 54.6 Å². The summed E-state index contributed by atoms with van der Waals surface area (Å²) >= 11 is 0. The second-order valence-electron chi connectivity index (χ2n) is 4.04. The van der Waals surface area contributed by atoms with Gasteiger partial charge in [0.2, 0.25) is 0 Å². The van der Waals surface area contributed by atoms with E-state index in [1.807, 2.05) is 18.2 Å². The van der Waals surface area contributed by atoms with Gasteiger partial charge in [-0.1, -0.05) is 25.1 Å². The lowest BCUT2D eigenvalue weighted by Crippen LogP contribution is -2.06. The van der Waals surface area contributed by atoms with Gasteiger partial charge in [-0.05, 0) is 36.4 Å². The van der Waals surface area contributed by atoms with E-state index < -0.39 is 11.0 Å². The molecule has 1 atom stereocenters.